The Labute approximate surface area is 137 Å². The van der Waals surface area contributed by atoms with Crippen LogP contribution in [-0.2, 0) is 5.41 Å². The molecule has 0 aliphatic heterocycles. The molecular weight excluding hydrogens is 357 g/mol. The fourth-order valence-corrected chi connectivity index (χ4v) is 2.20. The third-order valence-corrected chi connectivity index (χ3v) is 3.80. The Morgan fingerprint density at radius 3 is 2.52 bits per heavy atom. The molecule has 2 aromatic rings. The van der Waals surface area contributed by atoms with E-state index in [1.807, 2.05) is 20.8 Å². The second-order valence-corrected chi connectivity index (χ2v) is 7.08. The largest absolute Gasteiger partial charge is 0.337 e. The van der Waals surface area contributed by atoms with Gasteiger partial charge in [0.1, 0.15) is 22.6 Å². The molecular formula is C15H16BrClFN3. The van der Waals surface area contributed by atoms with Crippen LogP contribution in [0, 0.1) is 12.7 Å². The van der Waals surface area contributed by atoms with E-state index in [4.69, 9.17) is 11.6 Å². The number of nitrogens with zero attached hydrogens (tertiary/aromatic N) is 2. The first-order valence-electron chi connectivity index (χ1n) is 6.45. The summed E-state index contributed by atoms with van der Waals surface area (Å²) in [4.78, 5) is 8.78. The highest BCUT2D eigenvalue weighted by molar-refractivity contribution is 9.10. The second-order valence-electron chi connectivity index (χ2n) is 5.81. The number of hydrogen-bond donors (Lipinski definition) is 1. The summed E-state index contributed by atoms with van der Waals surface area (Å²) in [5.74, 6) is 0.762. The zero-order chi connectivity index (χ0) is 15.8. The Hall–Kier alpha value is -1.20. The predicted octanol–water partition coefficient (Wildman–Crippen LogP) is 5.38. The van der Waals surface area contributed by atoms with Crippen LogP contribution in [-0.4, -0.2) is 9.97 Å². The van der Waals surface area contributed by atoms with E-state index >= 15 is 0 Å². The lowest BCUT2D eigenvalue weighted by atomic mass is 9.95. The van der Waals surface area contributed by atoms with E-state index in [-0.39, 0.29) is 11.2 Å². The number of benzene rings is 1. The Kier molecular flexibility index (Phi) is 4.54. The number of rotatable bonds is 2. The van der Waals surface area contributed by atoms with E-state index in [0.29, 0.717) is 28.0 Å². The highest BCUT2D eigenvalue weighted by Gasteiger charge is 2.21. The van der Waals surface area contributed by atoms with E-state index in [9.17, 15) is 4.39 Å². The van der Waals surface area contributed by atoms with Gasteiger partial charge in [-0.05, 0) is 25.1 Å². The molecule has 3 nitrogen and oxygen atoms in total. The SMILES string of the molecule is Cc1c(Cl)nc(C(C)(C)C)nc1Nc1cc(Br)ccc1F. The molecule has 0 saturated heterocycles. The highest BCUT2D eigenvalue weighted by Crippen LogP contribution is 2.29. The lowest BCUT2D eigenvalue weighted by Gasteiger charge is -2.19. The molecule has 0 atom stereocenters. The second kappa shape index (κ2) is 5.89. The summed E-state index contributed by atoms with van der Waals surface area (Å²) in [6.45, 7) is 7.79. The van der Waals surface area contributed by atoms with Crippen molar-refractivity contribution >= 4 is 39.0 Å². The summed E-state index contributed by atoms with van der Waals surface area (Å²) in [6.07, 6.45) is 0. The van der Waals surface area contributed by atoms with Crippen molar-refractivity contribution in [1.29, 1.82) is 0 Å². The lowest BCUT2D eigenvalue weighted by Crippen LogP contribution is -2.17. The Balaban J connectivity index is 2.49. The first-order chi connectivity index (χ1) is 9.68. The van der Waals surface area contributed by atoms with Crippen molar-refractivity contribution in [2.24, 2.45) is 0 Å². The fourth-order valence-electron chi connectivity index (χ4n) is 1.67. The predicted molar refractivity (Wildman–Crippen MR) is 87.9 cm³/mol. The molecule has 0 bridgehead atoms. The Bertz CT molecular complexity index is 683. The van der Waals surface area contributed by atoms with Gasteiger partial charge >= 0.3 is 0 Å². The number of halogens is 3. The van der Waals surface area contributed by atoms with Gasteiger partial charge in [0.25, 0.3) is 0 Å². The van der Waals surface area contributed by atoms with Gasteiger partial charge in [-0.25, -0.2) is 14.4 Å². The molecule has 1 N–H and O–H groups in total. The van der Waals surface area contributed by atoms with E-state index in [1.165, 1.54) is 6.07 Å². The molecule has 0 radical (unpaired) electrons. The van der Waals surface area contributed by atoms with Crippen molar-refractivity contribution < 1.29 is 4.39 Å². The van der Waals surface area contributed by atoms with Gasteiger partial charge in [-0.3, -0.25) is 0 Å². The minimum absolute atomic E-state index is 0.246. The Morgan fingerprint density at radius 2 is 1.90 bits per heavy atom. The molecule has 0 amide bonds. The quantitative estimate of drug-likeness (QED) is 0.719. The van der Waals surface area contributed by atoms with Crippen LogP contribution in [0.25, 0.3) is 0 Å². The van der Waals surface area contributed by atoms with Gasteiger partial charge in [-0.15, -0.1) is 0 Å². The molecule has 0 aliphatic rings. The zero-order valence-electron chi connectivity index (χ0n) is 12.3. The van der Waals surface area contributed by atoms with Gasteiger partial charge in [0.2, 0.25) is 0 Å². The molecule has 0 unspecified atom stereocenters. The van der Waals surface area contributed by atoms with Crippen LogP contribution in [0.4, 0.5) is 15.9 Å². The standard InChI is InChI=1S/C15H16BrClFN3/c1-8-12(17)20-14(15(2,3)4)21-13(8)19-11-7-9(16)5-6-10(11)18/h5-7H,1-4H3,(H,19,20,21). The van der Waals surface area contributed by atoms with Gasteiger partial charge in [0.05, 0.1) is 5.69 Å². The molecule has 1 aromatic heterocycles. The summed E-state index contributed by atoms with van der Waals surface area (Å²) < 4.78 is 14.6. The first kappa shape index (κ1) is 16.2. The van der Waals surface area contributed by atoms with Crippen molar-refractivity contribution in [3.63, 3.8) is 0 Å². The third-order valence-electron chi connectivity index (χ3n) is 2.94. The molecule has 0 fully saturated rings. The van der Waals surface area contributed by atoms with Gasteiger partial charge in [-0.2, -0.15) is 0 Å². The number of nitrogens with one attached hydrogen (secondary N) is 1. The van der Waals surface area contributed by atoms with Gasteiger partial charge in [0.15, 0.2) is 0 Å². The smallest absolute Gasteiger partial charge is 0.146 e. The number of hydrogen-bond acceptors (Lipinski definition) is 3. The van der Waals surface area contributed by atoms with Crippen molar-refractivity contribution in [3.05, 3.63) is 45.0 Å². The monoisotopic (exact) mass is 371 g/mol. The Morgan fingerprint density at radius 1 is 1.24 bits per heavy atom. The van der Waals surface area contributed by atoms with Crippen LogP contribution in [0.2, 0.25) is 5.15 Å². The number of aromatic nitrogens is 2. The summed E-state index contributed by atoms with van der Waals surface area (Å²) in [5, 5.41) is 3.36. The molecule has 112 valence electrons. The van der Waals surface area contributed by atoms with Crippen LogP contribution < -0.4 is 5.32 Å². The third kappa shape index (κ3) is 3.71. The lowest BCUT2D eigenvalue weighted by molar-refractivity contribution is 0.545. The minimum Gasteiger partial charge on any atom is -0.337 e. The molecule has 1 heterocycles. The summed E-state index contributed by atoms with van der Waals surface area (Å²) >= 11 is 9.49. The van der Waals surface area contributed by atoms with E-state index < -0.39 is 0 Å². The normalized spacial score (nSPS) is 11.6. The van der Waals surface area contributed by atoms with Crippen molar-refractivity contribution in [3.8, 4) is 0 Å². The van der Waals surface area contributed by atoms with Gasteiger partial charge in [-0.1, -0.05) is 48.3 Å². The highest BCUT2D eigenvalue weighted by atomic mass is 79.9. The molecule has 0 aliphatic carbocycles. The molecule has 2 rings (SSSR count). The van der Waals surface area contributed by atoms with Crippen molar-refractivity contribution in [2.45, 2.75) is 33.1 Å². The molecule has 0 spiro atoms. The van der Waals surface area contributed by atoms with Crippen molar-refractivity contribution in [2.75, 3.05) is 5.32 Å². The first-order valence-corrected chi connectivity index (χ1v) is 7.62. The molecule has 1 aromatic carbocycles. The van der Waals surface area contributed by atoms with Crippen LogP contribution in [0.5, 0.6) is 0 Å². The fraction of sp³-hybridized carbons (Fsp3) is 0.333. The van der Waals surface area contributed by atoms with E-state index in [0.717, 1.165) is 4.47 Å². The maximum Gasteiger partial charge on any atom is 0.146 e. The van der Waals surface area contributed by atoms with Crippen LogP contribution in [0.1, 0.15) is 32.2 Å². The number of anilines is 2. The van der Waals surface area contributed by atoms with Gasteiger partial charge in [0, 0.05) is 15.5 Å². The topological polar surface area (TPSA) is 37.8 Å². The van der Waals surface area contributed by atoms with Crippen LogP contribution in [0.3, 0.4) is 0 Å². The average molecular weight is 373 g/mol. The summed E-state index contributed by atoms with van der Waals surface area (Å²) in [7, 11) is 0. The average Bonchev–Trinajstić information content (AvgIpc) is 2.37. The minimum atomic E-state index is -0.357. The van der Waals surface area contributed by atoms with E-state index in [1.54, 1.807) is 19.1 Å². The van der Waals surface area contributed by atoms with Gasteiger partial charge < -0.3 is 5.32 Å². The van der Waals surface area contributed by atoms with Crippen LogP contribution in [0.15, 0.2) is 22.7 Å². The summed E-state index contributed by atoms with van der Waals surface area (Å²) in [5.41, 5.74) is 0.773. The van der Waals surface area contributed by atoms with Crippen molar-refractivity contribution in [1.82, 2.24) is 9.97 Å². The molecule has 6 heteroatoms. The molecule has 21 heavy (non-hydrogen) atoms. The van der Waals surface area contributed by atoms with E-state index in [2.05, 4.69) is 31.2 Å². The summed E-state index contributed by atoms with van der Waals surface area (Å²) in [6, 6.07) is 4.68. The molecule has 0 saturated carbocycles. The maximum atomic E-state index is 13.9. The van der Waals surface area contributed by atoms with Crippen LogP contribution >= 0.6 is 27.5 Å². The zero-order valence-corrected chi connectivity index (χ0v) is 14.6. The maximum absolute atomic E-state index is 13.9.